The molecule has 1 amide bonds. The van der Waals surface area contributed by atoms with Gasteiger partial charge in [-0.3, -0.25) is 4.79 Å². The van der Waals surface area contributed by atoms with Crippen molar-refractivity contribution in [1.29, 1.82) is 0 Å². The van der Waals surface area contributed by atoms with Crippen LogP contribution in [0.4, 0.5) is 0 Å². The maximum Gasteiger partial charge on any atom is 0.268 e. The number of aryl methyl sites for hydroxylation is 2. The minimum Gasteiger partial charge on any atom is -0.460 e. The minimum atomic E-state index is -0.0891. The predicted molar refractivity (Wildman–Crippen MR) is 98.0 cm³/mol. The van der Waals surface area contributed by atoms with Crippen molar-refractivity contribution in [3.05, 3.63) is 59.0 Å². The fourth-order valence-electron chi connectivity index (χ4n) is 2.99. The molecule has 0 saturated carbocycles. The summed E-state index contributed by atoms with van der Waals surface area (Å²) in [7, 11) is 1.66. The molecule has 1 N–H and O–H groups in total. The van der Waals surface area contributed by atoms with Gasteiger partial charge in [-0.2, -0.15) is 0 Å². The smallest absolute Gasteiger partial charge is 0.268 e. The van der Waals surface area contributed by atoms with Crippen molar-refractivity contribution in [2.75, 3.05) is 20.3 Å². The maximum atomic E-state index is 12.6. The monoisotopic (exact) mass is 340 g/mol. The molecule has 0 radical (unpaired) electrons. The van der Waals surface area contributed by atoms with Crippen LogP contribution < -0.4 is 5.32 Å². The summed E-state index contributed by atoms with van der Waals surface area (Å²) in [6, 6.07) is 12.0. The molecule has 2 heterocycles. The van der Waals surface area contributed by atoms with Crippen LogP contribution in [0.25, 0.3) is 11.1 Å². The number of hydrogen-bond donors (Lipinski definition) is 1. The van der Waals surface area contributed by atoms with Gasteiger partial charge in [-0.25, -0.2) is 0 Å². The predicted octanol–water partition coefficient (Wildman–Crippen LogP) is 3.67. The second kappa shape index (κ2) is 7.57. The van der Waals surface area contributed by atoms with Gasteiger partial charge < -0.3 is 19.0 Å². The average molecular weight is 340 g/mol. The fourth-order valence-corrected chi connectivity index (χ4v) is 2.99. The molecular weight excluding hydrogens is 316 g/mol. The minimum absolute atomic E-state index is 0.0891. The van der Waals surface area contributed by atoms with Gasteiger partial charge in [0.2, 0.25) is 0 Å². The second-order valence-corrected chi connectivity index (χ2v) is 6.25. The van der Waals surface area contributed by atoms with Gasteiger partial charge in [0, 0.05) is 38.9 Å². The first kappa shape index (κ1) is 17.3. The Morgan fingerprint density at radius 3 is 2.80 bits per heavy atom. The molecule has 0 unspecified atom stereocenters. The third-order valence-electron chi connectivity index (χ3n) is 4.35. The van der Waals surface area contributed by atoms with E-state index in [1.165, 1.54) is 11.1 Å². The van der Waals surface area contributed by atoms with E-state index in [-0.39, 0.29) is 5.91 Å². The van der Waals surface area contributed by atoms with Gasteiger partial charge in [0.25, 0.3) is 5.91 Å². The average Bonchev–Trinajstić information content (AvgIpc) is 3.11. The Balaban J connectivity index is 1.91. The van der Waals surface area contributed by atoms with Crippen LogP contribution in [0, 0.1) is 13.8 Å². The molecule has 1 aromatic carbocycles. The molecule has 5 nitrogen and oxygen atoms in total. The summed E-state index contributed by atoms with van der Waals surface area (Å²) in [5.74, 6) is 0.754. The van der Waals surface area contributed by atoms with E-state index in [1.54, 1.807) is 7.11 Å². The van der Waals surface area contributed by atoms with Crippen LogP contribution in [0.5, 0.6) is 0 Å². The SMILES string of the molecule is COCCCNC(=O)c1cc2oc(C)cc2n1Cc1ccccc1C. The Morgan fingerprint density at radius 1 is 1.24 bits per heavy atom. The van der Waals surface area contributed by atoms with Gasteiger partial charge >= 0.3 is 0 Å². The summed E-state index contributed by atoms with van der Waals surface area (Å²) < 4.78 is 12.8. The molecule has 0 atom stereocenters. The van der Waals surface area contributed by atoms with Crippen LogP contribution in [-0.4, -0.2) is 30.7 Å². The Bertz CT molecular complexity index is 876. The lowest BCUT2D eigenvalue weighted by molar-refractivity contribution is 0.0940. The first-order valence-corrected chi connectivity index (χ1v) is 8.51. The normalized spacial score (nSPS) is 11.2. The molecular formula is C20H24N2O3. The van der Waals surface area contributed by atoms with E-state index in [1.807, 2.05) is 35.8 Å². The number of rotatable bonds is 7. The number of carbonyl (C=O) groups excluding carboxylic acids is 1. The number of carbonyl (C=O) groups is 1. The number of furan rings is 1. The fraction of sp³-hybridized carbons (Fsp3) is 0.350. The summed E-state index contributed by atoms with van der Waals surface area (Å²) >= 11 is 0. The Hall–Kier alpha value is -2.53. The lowest BCUT2D eigenvalue weighted by atomic mass is 10.1. The van der Waals surface area contributed by atoms with Gasteiger partial charge in [-0.05, 0) is 31.4 Å². The highest BCUT2D eigenvalue weighted by Gasteiger charge is 2.18. The van der Waals surface area contributed by atoms with E-state index in [2.05, 4.69) is 24.4 Å². The highest BCUT2D eigenvalue weighted by atomic mass is 16.5. The largest absolute Gasteiger partial charge is 0.460 e. The van der Waals surface area contributed by atoms with E-state index in [0.717, 1.165) is 23.3 Å². The molecule has 3 aromatic rings. The van der Waals surface area contributed by atoms with Crippen LogP contribution in [0.3, 0.4) is 0 Å². The summed E-state index contributed by atoms with van der Waals surface area (Å²) in [4.78, 5) is 12.6. The van der Waals surface area contributed by atoms with Crippen LogP contribution in [0.2, 0.25) is 0 Å². The van der Waals surface area contributed by atoms with E-state index in [4.69, 9.17) is 9.15 Å². The van der Waals surface area contributed by atoms with Crippen LogP contribution >= 0.6 is 0 Å². The lowest BCUT2D eigenvalue weighted by Gasteiger charge is -2.12. The summed E-state index contributed by atoms with van der Waals surface area (Å²) in [5.41, 5.74) is 4.70. The quantitative estimate of drug-likeness (QED) is 0.668. The first-order chi connectivity index (χ1) is 12.1. The lowest BCUT2D eigenvalue weighted by Crippen LogP contribution is -2.27. The number of methoxy groups -OCH3 is 1. The molecule has 25 heavy (non-hydrogen) atoms. The summed E-state index contributed by atoms with van der Waals surface area (Å²) in [6.07, 6.45) is 0.788. The topological polar surface area (TPSA) is 56.4 Å². The van der Waals surface area contributed by atoms with Crippen LogP contribution in [0.1, 0.15) is 33.8 Å². The number of hydrogen-bond acceptors (Lipinski definition) is 3. The van der Waals surface area contributed by atoms with E-state index >= 15 is 0 Å². The number of nitrogens with one attached hydrogen (secondary N) is 1. The first-order valence-electron chi connectivity index (χ1n) is 8.51. The summed E-state index contributed by atoms with van der Waals surface area (Å²) in [5, 5.41) is 2.96. The Labute approximate surface area is 147 Å². The zero-order valence-corrected chi connectivity index (χ0v) is 15.0. The standard InChI is InChI=1S/C20H24N2O3/c1-14-7-4-5-8-16(14)13-22-17-11-15(2)25-19(17)12-18(22)20(23)21-9-6-10-24-3/h4-5,7-8,11-12H,6,9-10,13H2,1-3H3,(H,21,23). The van der Waals surface area contributed by atoms with E-state index in [9.17, 15) is 4.79 Å². The number of nitrogens with zero attached hydrogens (tertiary/aromatic N) is 1. The Kier molecular flexibility index (Phi) is 5.24. The van der Waals surface area contributed by atoms with Gasteiger partial charge in [0.05, 0.1) is 5.52 Å². The zero-order valence-electron chi connectivity index (χ0n) is 15.0. The highest BCUT2D eigenvalue weighted by Crippen LogP contribution is 2.25. The zero-order chi connectivity index (χ0) is 17.8. The number of aromatic nitrogens is 1. The number of fused-ring (bicyclic) bond motifs is 1. The number of benzene rings is 1. The Morgan fingerprint density at radius 2 is 2.04 bits per heavy atom. The van der Waals surface area contributed by atoms with Crippen LogP contribution in [-0.2, 0) is 11.3 Å². The van der Waals surface area contributed by atoms with Crippen molar-refractivity contribution < 1.29 is 13.9 Å². The molecule has 5 heteroatoms. The highest BCUT2D eigenvalue weighted by molar-refractivity contribution is 5.97. The van der Waals surface area contributed by atoms with Crippen molar-refractivity contribution in [2.24, 2.45) is 0 Å². The molecule has 0 aliphatic carbocycles. The molecule has 0 saturated heterocycles. The van der Waals surface area contributed by atoms with Crippen molar-refractivity contribution >= 4 is 17.0 Å². The van der Waals surface area contributed by atoms with Crippen molar-refractivity contribution in [2.45, 2.75) is 26.8 Å². The van der Waals surface area contributed by atoms with Crippen LogP contribution in [0.15, 0.2) is 40.8 Å². The molecule has 2 aromatic heterocycles. The van der Waals surface area contributed by atoms with Crippen molar-refractivity contribution in [1.82, 2.24) is 9.88 Å². The summed E-state index contributed by atoms with van der Waals surface area (Å²) in [6.45, 7) is 5.86. The molecule has 0 aliphatic heterocycles. The van der Waals surface area contributed by atoms with Gasteiger partial charge in [0.15, 0.2) is 5.58 Å². The third-order valence-corrected chi connectivity index (χ3v) is 4.35. The maximum absolute atomic E-state index is 12.6. The molecule has 0 aliphatic rings. The third kappa shape index (κ3) is 3.77. The molecule has 0 bridgehead atoms. The van der Waals surface area contributed by atoms with Gasteiger partial charge in [0.1, 0.15) is 11.5 Å². The molecule has 3 rings (SSSR count). The molecule has 0 fully saturated rings. The number of ether oxygens (including phenoxy) is 1. The number of amides is 1. The van der Waals surface area contributed by atoms with Crippen molar-refractivity contribution in [3.63, 3.8) is 0 Å². The van der Waals surface area contributed by atoms with E-state index in [0.29, 0.717) is 25.4 Å². The second-order valence-electron chi connectivity index (χ2n) is 6.25. The molecule has 132 valence electrons. The van der Waals surface area contributed by atoms with E-state index < -0.39 is 0 Å². The van der Waals surface area contributed by atoms with Gasteiger partial charge in [-0.15, -0.1) is 0 Å². The van der Waals surface area contributed by atoms with Gasteiger partial charge in [-0.1, -0.05) is 24.3 Å². The molecule has 0 spiro atoms. The van der Waals surface area contributed by atoms with Crippen molar-refractivity contribution in [3.8, 4) is 0 Å².